The van der Waals surface area contributed by atoms with Crippen molar-refractivity contribution in [1.29, 1.82) is 0 Å². The molecule has 0 aliphatic carbocycles. The fourth-order valence-electron chi connectivity index (χ4n) is 2.27. The summed E-state index contributed by atoms with van der Waals surface area (Å²) in [4.78, 5) is 13.7. The van der Waals surface area contributed by atoms with E-state index in [4.69, 9.17) is 5.84 Å². The first kappa shape index (κ1) is 13.9. The van der Waals surface area contributed by atoms with Gasteiger partial charge in [-0.05, 0) is 25.1 Å². The molecule has 2 heterocycles. The smallest absolute Gasteiger partial charge is 0.180 e. The number of aliphatic imine (C=N–C) groups is 2. The lowest BCUT2D eigenvalue weighted by Gasteiger charge is -2.12. The molecule has 0 saturated heterocycles. The third-order valence-corrected chi connectivity index (χ3v) is 3.24. The number of fused-ring (bicyclic) bond motifs is 1. The van der Waals surface area contributed by atoms with Gasteiger partial charge in [0.1, 0.15) is 5.69 Å². The van der Waals surface area contributed by atoms with Crippen LogP contribution >= 0.6 is 0 Å². The summed E-state index contributed by atoms with van der Waals surface area (Å²) in [5.74, 6) is 5.09. The molecule has 3 rings (SSSR count). The van der Waals surface area contributed by atoms with E-state index in [1.165, 1.54) is 0 Å². The van der Waals surface area contributed by atoms with Crippen LogP contribution in [0, 0.1) is 5.21 Å². The van der Waals surface area contributed by atoms with Gasteiger partial charge in [0.15, 0.2) is 5.69 Å². The van der Waals surface area contributed by atoms with Gasteiger partial charge in [0.25, 0.3) is 0 Å². The van der Waals surface area contributed by atoms with E-state index >= 15 is 0 Å². The zero-order valence-electron chi connectivity index (χ0n) is 11.9. The first-order valence-electron chi connectivity index (χ1n) is 6.75. The minimum absolute atomic E-state index is 0.132. The van der Waals surface area contributed by atoms with Crippen molar-refractivity contribution in [2.24, 2.45) is 21.1 Å². The summed E-state index contributed by atoms with van der Waals surface area (Å²) in [6, 6.07) is 10.7. The van der Waals surface area contributed by atoms with Gasteiger partial charge in [0, 0.05) is 18.0 Å². The van der Waals surface area contributed by atoms with Crippen LogP contribution in [0.5, 0.6) is 0 Å². The minimum atomic E-state index is -0.132. The fraction of sp³-hybridized carbons (Fsp3) is 0.133. The van der Waals surface area contributed by atoms with Gasteiger partial charge >= 0.3 is 0 Å². The number of aromatic nitrogens is 1. The molecule has 0 amide bonds. The Balaban J connectivity index is 2.25. The van der Waals surface area contributed by atoms with Crippen LogP contribution in [-0.4, -0.2) is 27.8 Å². The number of pyridine rings is 1. The van der Waals surface area contributed by atoms with E-state index in [9.17, 15) is 5.21 Å². The summed E-state index contributed by atoms with van der Waals surface area (Å²) < 4.78 is 0. The average molecular weight is 294 g/mol. The van der Waals surface area contributed by atoms with E-state index in [1.54, 1.807) is 24.5 Å². The van der Waals surface area contributed by atoms with Gasteiger partial charge in [-0.2, -0.15) is 5.84 Å². The highest BCUT2D eigenvalue weighted by Gasteiger charge is 2.20. The summed E-state index contributed by atoms with van der Waals surface area (Å²) >= 11 is 0. The molecular formula is C15H14N6O. The second kappa shape index (κ2) is 5.72. The first-order valence-corrected chi connectivity index (χ1v) is 6.75. The lowest BCUT2D eigenvalue weighted by molar-refractivity contribution is -0.442. The summed E-state index contributed by atoms with van der Waals surface area (Å²) in [6.45, 7) is 1.92. The third kappa shape index (κ3) is 2.44. The van der Waals surface area contributed by atoms with E-state index < -0.39 is 0 Å². The van der Waals surface area contributed by atoms with Gasteiger partial charge in [0.2, 0.25) is 0 Å². The molecule has 2 aromatic rings. The summed E-state index contributed by atoms with van der Waals surface area (Å²) in [5, 5.41) is 15.0. The molecule has 2 N–H and O–H groups in total. The Morgan fingerprint density at radius 1 is 1.23 bits per heavy atom. The Bertz CT molecular complexity index is 782. The van der Waals surface area contributed by atoms with Gasteiger partial charge in [-0.3, -0.25) is 15.0 Å². The highest BCUT2D eigenvalue weighted by atomic mass is 16.5. The van der Waals surface area contributed by atoms with Crippen LogP contribution < -0.4 is 5.84 Å². The molecule has 7 nitrogen and oxygen atoms in total. The molecule has 1 atom stereocenters. The van der Waals surface area contributed by atoms with Gasteiger partial charge in [0.05, 0.1) is 22.7 Å². The highest BCUT2D eigenvalue weighted by Crippen LogP contribution is 2.34. The molecule has 0 saturated carbocycles. The van der Waals surface area contributed by atoms with Crippen LogP contribution in [0.15, 0.2) is 57.8 Å². The summed E-state index contributed by atoms with van der Waals surface area (Å²) in [5.41, 5.74) is 2.89. The van der Waals surface area contributed by atoms with Crippen molar-refractivity contribution in [2.75, 3.05) is 0 Å². The molecule has 1 unspecified atom stereocenters. The number of nitrogens with two attached hydrogens (primary N) is 1. The van der Waals surface area contributed by atoms with Crippen molar-refractivity contribution in [3.8, 4) is 0 Å². The average Bonchev–Trinajstić information content (AvgIpc) is 2.74. The maximum atomic E-state index is 11.8. The molecule has 22 heavy (non-hydrogen) atoms. The van der Waals surface area contributed by atoms with Gasteiger partial charge in [-0.15, -0.1) is 4.86 Å². The molecule has 0 spiro atoms. The van der Waals surface area contributed by atoms with Gasteiger partial charge in [-0.25, -0.2) is 0 Å². The van der Waals surface area contributed by atoms with Crippen LogP contribution in [0.25, 0.3) is 0 Å². The van der Waals surface area contributed by atoms with E-state index in [0.29, 0.717) is 16.3 Å². The van der Waals surface area contributed by atoms with Crippen molar-refractivity contribution >= 4 is 23.3 Å². The number of hydrogen-bond acceptors (Lipinski definition) is 5. The number of benzene rings is 1. The van der Waals surface area contributed by atoms with Crippen LogP contribution in [-0.2, 0) is 0 Å². The van der Waals surface area contributed by atoms with Crippen LogP contribution in [0.3, 0.4) is 0 Å². The molecule has 110 valence electrons. The van der Waals surface area contributed by atoms with Gasteiger partial charge in [-0.1, -0.05) is 18.2 Å². The zero-order valence-corrected chi connectivity index (χ0v) is 11.9. The molecule has 7 heteroatoms. The Kier molecular flexibility index (Phi) is 3.61. The van der Waals surface area contributed by atoms with E-state index in [2.05, 4.69) is 20.2 Å². The molecular weight excluding hydrogens is 280 g/mol. The van der Waals surface area contributed by atoms with E-state index in [-0.39, 0.29) is 11.7 Å². The Hall–Kier alpha value is -3.09. The van der Waals surface area contributed by atoms with Crippen molar-refractivity contribution in [3.05, 3.63) is 59.1 Å². The Morgan fingerprint density at radius 2 is 2.09 bits per heavy atom. The largest absolute Gasteiger partial charge is 0.691 e. The maximum absolute atomic E-state index is 11.8. The number of para-hydroxylation sites is 1. The highest BCUT2D eigenvalue weighted by molar-refractivity contribution is 6.16. The molecule has 1 aromatic carbocycles. The predicted octanol–water partition coefficient (Wildman–Crippen LogP) is 2.49. The van der Waals surface area contributed by atoms with Gasteiger partial charge < -0.3 is 5.21 Å². The summed E-state index contributed by atoms with van der Waals surface area (Å²) in [6.07, 6.45) is 3.38. The minimum Gasteiger partial charge on any atom is -0.691 e. The Morgan fingerprint density at radius 3 is 2.82 bits per heavy atom. The quantitative estimate of drug-likeness (QED) is 0.398. The number of hydrogen-bond donors (Lipinski definition) is 1. The third-order valence-electron chi connectivity index (χ3n) is 3.24. The van der Waals surface area contributed by atoms with E-state index in [0.717, 1.165) is 11.3 Å². The topological polar surface area (TPSA) is 102 Å². The lowest BCUT2D eigenvalue weighted by atomic mass is 10.0. The SMILES string of the molecule is CC1C=Nc2c(cccc2[N+]([O-])=NN)C(c2ccccn2)=N1. The fourth-order valence-corrected chi connectivity index (χ4v) is 2.27. The van der Waals surface area contributed by atoms with Crippen molar-refractivity contribution < 1.29 is 4.86 Å². The van der Waals surface area contributed by atoms with Crippen LogP contribution in [0.4, 0.5) is 11.4 Å². The second-order valence-electron chi connectivity index (χ2n) is 4.77. The standard InChI is InChI=1S/C15H14N6O/c1-10-9-18-15-11(5-4-7-13(15)21(22)20-16)14(19-10)12-6-2-3-8-17-12/h2-10H,16H2,1H3. The molecule has 0 fully saturated rings. The maximum Gasteiger partial charge on any atom is 0.180 e. The van der Waals surface area contributed by atoms with Crippen LogP contribution in [0.2, 0.25) is 0 Å². The van der Waals surface area contributed by atoms with Crippen LogP contribution in [0.1, 0.15) is 18.2 Å². The molecule has 1 aliphatic rings. The van der Waals surface area contributed by atoms with Crippen molar-refractivity contribution in [2.45, 2.75) is 13.0 Å². The summed E-state index contributed by atoms with van der Waals surface area (Å²) in [7, 11) is 0. The second-order valence-corrected chi connectivity index (χ2v) is 4.77. The van der Waals surface area contributed by atoms with Crippen molar-refractivity contribution in [1.82, 2.24) is 4.98 Å². The van der Waals surface area contributed by atoms with E-state index in [1.807, 2.05) is 31.2 Å². The molecule has 1 aliphatic heterocycles. The predicted molar refractivity (Wildman–Crippen MR) is 83.8 cm³/mol. The molecule has 1 aromatic heterocycles. The van der Waals surface area contributed by atoms with Crippen molar-refractivity contribution in [3.63, 3.8) is 0 Å². The first-order chi connectivity index (χ1) is 10.7. The number of rotatable bonds is 2. The molecule has 0 radical (unpaired) electrons. The normalized spacial score (nSPS) is 17.6. The molecule has 0 bridgehead atoms. The number of nitrogens with zero attached hydrogens (tertiary/aromatic N) is 5. The Labute approximate surface area is 127 Å². The lowest BCUT2D eigenvalue weighted by Crippen LogP contribution is -2.09. The zero-order chi connectivity index (χ0) is 15.5. The monoisotopic (exact) mass is 294 g/mol.